The number of amides is 2. The summed E-state index contributed by atoms with van der Waals surface area (Å²) in [6.07, 6.45) is 5.87. The summed E-state index contributed by atoms with van der Waals surface area (Å²) in [6, 6.07) is 14.7. The summed E-state index contributed by atoms with van der Waals surface area (Å²) in [7, 11) is 1.68. The van der Waals surface area contributed by atoms with Crippen LogP contribution in [0, 0.1) is 5.92 Å². The number of benzene rings is 2. The van der Waals surface area contributed by atoms with Crippen molar-refractivity contribution < 1.29 is 14.3 Å². The van der Waals surface area contributed by atoms with Crippen LogP contribution in [-0.2, 0) is 4.79 Å². The second kappa shape index (κ2) is 11.3. The van der Waals surface area contributed by atoms with Gasteiger partial charge in [-0.2, -0.15) is 0 Å². The van der Waals surface area contributed by atoms with E-state index in [9.17, 15) is 9.59 Å². The number of para-hydroxylation sites is 2. The van der Waals surface area contributed by atoms with E-state index in [1.54, 1.807) is 31.0 Å². The molecule has 1 saturated carbocycles. The number of hydrogen-bond acceptors (Lipinski definition) is 5. The molecule has 0 radical (unpaired) electrons. The third-order valence-electron chi connectivity index (χ3n) is 7.73. The van der Waals surface area contributed by atoms with E-state index in [1.807, 2.05) is 40.1 Å². The van der Waals surface area contributed by atoms with E-state index in [4.69, 9.17) is 16.3 Å². The van der Waals surface area contributed by atoms with Crippen LogP contribution in [0.1, 0.15) is 42.5 Å². The Labute approximate surface area is 222 Å². The van der Waals surface area contributed by atoms with Crippen LogP contribution in [0.2, 0.25) is 5.02 Å². The molecule has 0 spiro atoms. The zero-order chi connectivity index (χ0) is 25.1. The highest BCUT2D eigenvalue weighted by atomic mass is 35.5. The van der Waals surface area contributed by atoms with E-state index in [0.717, 1.165) is 37.4 Å². The minimum atomic E-state index is -0.455. The van der Waals surface area contributed by atoms with Crippen molar-refractivity contribution in [3.63, 3.8) is 0 Å². The summed E-state index contributed by atoms with van der Waals surface area (Å²) in [5, 5.41) is 0.469. The summed E-state index contributed by atoms with van der Waals surface area (Å²) in [4.78, 5) is 33.8. The van der Waals surface area contributed by atoms with Gasteiger partial charge in [0.2, 0.25) is 5.91 Å². The molecule has 5 rings (SSSR count). The van der Waals surface area contributed by atoms with Gasteiger partial charge in [0.05, 0.1) is 28.8 Å². The molecular formula is C28H34ClN3O3S. The second-order valence-corrected chi connectivity index (χ2v) is 11.4. The van der Waals surface area contributed by atoms with E-state index in [1.165, 1.54) is 19.3 Å². The maximum atomic E-state index is 13.9. The third kappa shape index (κ3) is 5.05. The number of hydrogen-bond donors (Lipinski definition) is 0. The molecule has 36 heavy (non-hydrogen) atoms. The number of halogens is 1. The monoisotopic (exact) mass is 527 g/mol. The van der Waals surface area contributed by atoms with Gasteiger partial charge in [0.15, 0.2) is 0 Å². The fourth-order valence-electron chi connectivity index (χ4n) is 5.80. The average Bonchev–Trinajstić information content (AvgIpc) is 3.38. The standard InChI is InChI=1S/C28H34ClN3O3S/c1-35-25-14-8-7-13-23(25)30-15-17-31(18-16-30)27(34)24-19-36-28(20-9-3-2-4-10-20)32(24)26(33)21-11-5-6-12-22(21)29/h5-8,11-14,20,24,28H,2-4,9-10,15-19H2,1H3. The number of piperazine rings is 1. The van der Waals surface area contributed by atoms with E-state index < -0.39 is 6.04 Å². The largest absolute Gasteiger partial charge is 0.495 e. The highest BCUT2D eigenvalue weighted by Gasteiger charge is 2.46. The topological polar surface area (TPSA) is 53.1 Å². The molecular weight excluding hydrogens is 494 g/mol. The van der Waals surface area contributed by atoms with Crippen molar-refractivity contribution in [1.29, 1.82) is 0 Å². The Morgan fingerprint density at radius 3 is 2.36 bits per heavy atom. The summed E-state index contributed by atoms with van der Waals surface area (Å²) in [5.74, 6) is 1.85. The van der Waals surface area contributed by atoms with E-state index in [2.05, 4.69) is 11.0 Å². The number of ether oxygens (including phenoxy) is 1. The Morgan fingerprint density at radius 2 is 1.64 bits per heavy atom. The number of carbonyl (C=O) groups excluding carboxylic acids is 2. The predicted octanol–water partition coefficient (Wildman–Crippen LogP) is 5.16. The molecule has 2 aromatic carbocycles. The molecule has 0 bridgehead atoms. The fourth-order valence-corrected chi connectivity index (χ4v) is 7.65. The number of methoxy groups -OCH3 is 1. The number of thioether (sulfide) groups is 1. The molecule has 6 nitrogen and oxygen atoms in total. The normalized spacial score (nSPS) is 23.1. The first-order chi connectivity index (χ1) is 17.6. The molecule has 1 aliphatic carbocycles. The third-order valence-corrected chi connectivity index (χ3v) is 9.52. The van der Waals surface area contributed by atoms with Gasteiger partial charge in [0.1, 0.15) is 11.8 Å². The van der Waals surface area contributed by atoms with Crippen molar-refractivity contribution >= 4 is 40.9 Å². The Kier molecular flexibility index (Phi) is 7.96. The van der Waals surface area contributed by atoms with Crippen molar-refractivity contribution in [1.82, 2.24) is 9.80 Å². The molecule has 2 unspecified atom stereocenters. The average molecular weight is 528 g/mol. The zero-order valence-corrected chi connectivity index (χ0v) is 22.3. The van der Waals surface area contributed by atoms with Gasteiger partial charge in [-0.1, -0.05) is 55.1 Å². The highest BCUT2D eigenvalue weighted by molar-refractivity contribution is 8.00. The van der Waals surface area contributed by atoms with Crippen LogP contribution in [0.15, 0.2) is 48.5 Å². The van der Waals surface area contributed by atoms with Crippen LogP contribution in [0.5, 0.6) is 5.75 Å². The molecule has 0 aromatic heterocycles. The maximum Gasteiger partial charge on any atom is 0.256 e. The zero-order valence-electron chi connectivity index (χ0n) is 20.8. The van der Waals surface area contributed by atoms with E-state index in [-0.39, 0.29) is 17.2 Å². The van der Waals surface area contributed by atoms with Crippen molar-refractivity contribution in [2.24, 2.45) is 5.92 Å². The first-order valence-corrected chi connectivity index (χ1v) is 14.4. The van der Waals surface area contributed by atoms with Crippen LogP contribution < -0.4 is 9.64 Å². The van der Waals surface area contributed by atoms with E-state index >= 15 is 0 Å². The van der Waals surface area contributed by atoms with Gasteiger partial charge in [-0.25, -0.2) is 0 Å². The van der Waals surface area contributed by atoms with Gasteiger partial charge in [0, 0.05) is 31.9 Å². The van der Waals surface area contributed by atoms with Crippen LogP contribution in [0.4, 0.5) is 5.69 Å². The van der Waals surface area contributed by atoms with Gasteiger partial charge >= 0.3 is 0 Å². The Morgan fingerprint density at radius 1 is 0.944 bits per heavy atom. The summed E-state index contributed by atoms with van der Waals surface area (Å²) in [6.45, 7) is 2.72. The molecule has 2 saturated heterocycles. The lowest BCUT2D eigenvalue weighted by atomic mass is 9.88. The maximum absolute atomic E-state index is 13.9. The van der Waals surface area contributed by atoms with E-state index in [0.29, 0.717) is 35.3 Å². The summed E-state index contributed by atoms with van der Waals surface area (Å²) >= 11 is 8.22. The molecule has 2 aliphatic heterocycles. The number of nitrogens with zero attached hydrogens (tertiary/aromatic N) is 3. The molecule has 2 amide bonds. The minimum absolute atomic E-state index is 0.0258. The van der Waals surface area contributed by atoms with Gasteiger partial charge in [-0.15, -0.1) is 11.8 Å². The molecule has 3 aliphatic rings. The van der Waals surface area contributed by atoms with Crippen molar-refractivity contribution in [2.45, 2.75) is 43.5 Å². The molecule has 2 aromatic rings. The lowest BCUT2D eigenvalue weighted by Gasteiger charge is -2.40. The first kappa shape index (κ1) is 25.3. The molecule has 8 heteroatoms. The molecule has 2 atom stereocenters. The van der Waals surface area contributed by atoms with Crippen LogP contribution in [0.25, 0.3) is 0 Å². The SMILES string of the molecule is COc1ccccc1N1CCN(C(=O)C2CSC(C3CCCCC3)N2C(=O)c2ccccc2Cl)CC1. The quantitative estimate of drug-likeness (QED) is 0.537. The van der Waals surface area contributed by atoms with Crippen LogP contribution in [-0.4, -0.2) is 72.1 Å². The lowest BCUT2D eigenvalue weighted by molar-refractivity contribution is -0.135. The molecule has 0 N–H and O–H groups in total. The van der Waals surface area contributed by atoms with Crippen molar-refractivity contribution in [3.8, 4) is 5.75 Å². The summed E-state index contributed by atoms with van der Waals surface area (Å²) in [5.41, 5.74) is 1.54. The lowest BCUT2D eigenvalue weighted by Crippen LogP contribution is -2.56. The van der Waals surface area contributed by atoms with Gasteiger partial charge in [-0.3, -0.25) is 9.59 Å². The second-order valence-electron chi connectivity index (χ2n) is 9.81. The van der Waals surface area contributed by atoms with Gasteiger partial charge < -0.3 is 19.4 Å². The van der Waals surface area contributed by atoms with Gasteiger partial charge in [-0.05, 0) is 43.0 Å². The first-order valence-electron chi connectivity index (χ1n) is 12.9. The Bertz CT molecular complexity index is 1090. The minimum Gasteiger partial charge on any atom is -0.495 e. The summed E-state index contributed by atoms with van der Waals surface area (Å²) < 4.78 is 5.54. The van der Waals surface area contributed by atoms with Crippen LogP contribution in [0.3, 0.4) is 0 Å². The predicted molar refractivity (Wildman–Crippen MR) is 146 cm³/mol. The highest BCUT2D eigenvalue weighted by Crippen LogP contribution is 2.42. The number of rotatable bonds is 5. The van der Waals surface area contributed by atoms with Crippen molar-refractivity contribution in [2.75, 3.05) is 43.9 Å². The number of carbonyl (C=O) groups is 2. The molecule has 192 valence electrons. The molecule has 3 fully saturated rings. The molecule has 2 heterocycles. The fraction of sp³-hybridized carbons (Fsp3) is 0.500. The Hall–Kier alpha value is -2.38. The number of anilines is 1. The smallest absolute Gasteiger partial charge is 0.256 e. The van der Waals surface area contributed by atoms with Crippen LogP contribution >= 0.6 is 23.4 Å². The van der Waals surface area contributed by atoms with Crippen molar-refractivity contribution in [3.05, 3.63) is 59.1 Å². The Balaban J connectivity index is 1.34. The van der Waals surface area contributed by atoms with Gasteiger partial charge in [0.25, 0.3) is 5.91 Å².